The highest BCUT2D eigenvalue weighted by Crippen LogP contribution is 2.26. The molecule has 0 amide bonds. The second kappa shape index (κ2) is 5.51. The molecule has 0 aliphatic carbocycles. The van der Waals surface area contributed by atoms with Crippen LogP contribution < -0.4 is 9.47 Å². The minimum Gasteiger partial charge on any atom is -0.497 e. The van der Waals surface area contributed by atoms with Crippen LogP contribution in [0.3, 0.4) is 0 Å². The first-order chi connectivity index (χ1) is 8.76. The van der Waals surface area contributed by atoms with Gasteiger partial charge in [0.15, 0.2) is 0 Å². The highest BCUT2D eigenvalue weighted by atomic mass is 16.5. The molecule has 0 aliphatic heterocycles. The number of aliphatic hydroxyl groups is 1. The second-order valence-electron chi connectivity index (χ2n) is 3.82. The van der Waals surface area contributed by atoms with E-state index in [1.807, 2.05) is 18.2 Å². The van der Waals surface area contributed by atoms with Crippen molar-refractivity contribution in [1.29, 1.82) is 0 Å². The van der Waals surface area contributed by atoms with Crippen molar-refractivity contribution in [3.05, 3.63) is 42.1 Å². The fraction of sp³-hybridized carbons (Fsp3) is 0.214. The predicted molar refractivity (Wildman–Crippen MR) is 68.7 cm³/mol. The van der Waals surface area contributed by atoms with Gasteiger partial charge in [-0.1, -0.05) is 0 Å². The van der Waals surface area contributed by atoms with E-state index in [1.165, 1.54) is 0 Å². The topological polar surface area (TPSA) is 51.6 Å². The van der Waals surface area contributed by atoms with Gasteiger partial charge in [0.2, 0.25) is 5.88 Å². The van der Waals surface area contributed by atoms with Crippen LogP contribution in [0.5, 0.6) is 11.6 Å². The average Bonchev–Trinajstić information content (AvgIpc) is 2.46. The summed E-state index contributed by atoms with van der Waals surface area (Å²) in [7, 11) is 3.18. The maximum atomic E-state index is 9.22. The zero-order chi connectivity index (χ0) is 13.0. The number of ether oxygens (including phenoxy) is 2. The lowest BCUT2D eigenvalue weighted by Gasteiger charge is -2.08. The van der Waals surface area contributed by atoms with Gasteiger partial charge in [0.25, 0.3) is 0 Å². The summed E-state index contributed by atoms with van der Waals surface area (Å²) in [6.45, 7) is -0.0201. The number of pyridine rings is 1. The minimum absolute atomic E-state index is 0.0201. The Balaban J connectivity index is 2.41. The fourth-order valence-corrected chi connectivity index (χ4v) is 1.71. The van der Waals surface area contributed by atoms with E-state index < -0.39 is 0 Å². The lowest BCUT2D eigenvalue weighted by molar-refractivity contribution is 0.281. The number of rotatable bonds is 4. The minimum atomic E-state index is -0.0201. The molecule has 94 valence electrons. The molecule has 18 heavy (non-hydrogen) atoms. The van der Waals surface area contributed by atoms with E-state index in [2.05, 4.69) is 4.98 Å². The van der Waals surface area contributed by atoms with Crippen molar-refractivity contribution < 1.29 is 14.6 Å². The molecule has 0 spiro atoms. The number of aromatic nitrogens is 1. The number of methoxy groups -OCH3 is 2. The first kappa shape index (κ1) is 12.4. The Morgan fingerprint density at radius 1 is 1.06 bits per heavy atom. The normalized spacial score (nSPS) is 10.2. The molecule has 0 fully saturated rings. The van der Waals surface area contributed by atoms with E-state index in [4.69, 9.17) is 9.47 Å². The number of hydrogen-bond donors (Lipinski definition) is 1. The molecule has 0 saturated heterocycles. The summed E-state index contributed by atoms with van der Waals surface area (Å²) >= 11 is 0. The largest absolute Gasteiger partial charge is 0.497 e. The van der Waals surface area contributed by atoms with Crippen LogP contribution in [0.25, 0.3) is 11.1 Å². The van der Waals surface area contributed by atoms with E-state index in [-0.39, 0.29) is 6.61 Å². The number of aliphatic hydroxyl groups excluding tert-OH is 1. The van der Waals surface area contributed by atoms with Gasteiger partial charge in [-0.2, -0.15) is 0 Å². The van der Waals surface area contributed by atoms with Crippen molar-refractivity contribution >= 4 is 0 Å². The third kappa shape index (κ3) is 2.60. The molecule has 0 bridgehead atoms. The van der Waals surface area contributed by atoms with Gasteiger partial charge in [-0.05, 0) is 35.4 Å². The van der Waals surface area contributed by atoms with Crippen molar-refractivity contribution in [2.24, 2.45) is 0 Å². The molecule has 0 saturated carbocycles. The predicted octanol–water partition coefficient (Wildman–Crippen LogP) is 2.26. The molecule has 4 nitrogen and oxygen atoms in total. The number of nitrogens with zero attached hydrogens (tertiary/aromatic N) is 1. The molecule has 1 aromatic carbocycles. The van der Waals surface area contributed by atoms with E-state index >= 15 is 0 Å². The molecule has 0 aliphatic rings. The van der Waals surface area contributed by atoms with Gasteiger partial charge < -0.3 is 14.6 Å². The Hall–Kier alpha value is -2.07. The Morgan fingerprint density at radius 3 is 2.44 bits per heavy atom. The third-order valence-corrected chi connectivity index (χ3v) is 2.66. The lowest BCUT2D eigenvalue weighted by Crippen LogP contribution is -1.91. The molecular weight excluding hydrogens is 230 g/mol. The van der Waals surface area contributed by atoms with Crippen LogP contribution in [-0.2, 0) is 6.61 Å². The Bertz CT molecular complexity index is 501. The van der Waals surface area contributed by atoms with Crippen LogP contribution in [0.4, 0.5) is 0 Å². The zero-order valence-electron chi connectivity index (χ0n) is 10.4. The Morgan fingerprint density at radius 2 is 1.89 bits per heavy atom. The summed E-state index contributed by atoms with van der Waals surface area (Å²) in [5, 5.41) is 9.22. The van der Waals surface area contributed by atoms with E-state index in [9.17, 15) is 5.11 Å². The number of benzene rings is 1. The van der Waals surface area contributed by atoms with Crippen molar-refractivity contribution in [1.82, 2.24) is 4.98 Å². The van der Waals surface area contributed by atoms with E-state index in [0.29, 0.717) is 11.6 Å². The van der Waals surface area contributed by atoms with Crippen molar-refractivity contribution in [2.75, 3.05) is 14.2 Å². The van der Waals surface area contributed by atoms with Gasteiger partial charge in [-0.3, -0.25) is 0 Å². The van der Waals surface area contributed by atoms with Crippen LogP contribution in [0.15, 0.2) is 36.5 Å². The maximum absolute atomic E-state index is 9.22. The Labute approximate surface area is 106 Å². The van der Waals surface area contributed by atoms with Crippen molar-refractivity contribution in [3.8, 4) is 22.8 Å². The summed E-state index contributed by atoms with van der Waals surface area (Å²) in [6, 6.07) is 9.34. The third-order valence-electron chi connectivity index (χ3n) is 2.66. The van der Waals surface area contributed by atoms with Crippen LogP contribution in [-0.4, -0.2) is 24.3 Å². The quantitative estimate of drug-likeness (QED) is 0.897. The molecule has 2 rings (SSSR count). The van der Waals surface area contributed by atoms with Crippen LogP contribution in [0.1, 0.15) is 5.56 Å². The first-order valence-corrected chi connectivity index (χ1v) is 5.56. The molecule has 1 aromatic heterocycles. The standard InChI is InChI=1S/C14H15NO3/c1-17-13-6-10(9-16)5-12(7-13)11-3-4-14(18-2)15-8-11/h3-8,16H,9H2,1-2H3. The molecule has 2 aromatic rings. The zero-order valence-corrected chi connectivity index (χ0v) is 10.4. The van der Waals surface area contributed by atoms with Crippen LogP contribution >= 0.6 is 0 Å². The van der Waals surface area contributed by atoms with Gasteiger partial charge >= 0.3 is 0 Å². The molecule has 0 unspecified atom stereocenters. The average molecular weight is 245 g/mol. The van der Waals surface area contributed by atoms with Crippen molar-refractivity contribution in [3.63, 3.8) is 0 Å². The number of hydrogen-bond acceptors (Lipinski definition) is 4. The van der Waals surface area contributed by atoms with Gasteiger partial charge in [0.1, 0.15) is 5.75 Å². The molecular formula is C14H15NO3. The highest BCUT2D eigenvalue weighted by Gasteiger charge is 2.04. The Kier molecular flexibility index (Phi) is 3.79. The summed E-state index contributed by atoms with van der Waals surface area (Å²) < 4.78 is 10.2. The molecule has 0 atom stereocenters. The van der Waals surface area contributed by atoms with Crippen molar-refractivity contribution in [2.45, 2.75) is 6.61 Å². The summed E-state index contributed by atoms with van der Waals surface area (Å²) in [4.78, 5) is 4.16. The highest BCUT2D eigenvalue weighted by molar-refractivity contribution is 5.65. The maximum Gasteiger partial charge on any atom is 0.212 e. The smallest absolute Gasteiger partial charge is 0.212 e. The van der Waals surface area contributed by atoms with E-state index in [0.717, 1.165) is 16.7 Å². The van der Waals surface area contributed by atoms with Gasteiger partial charge in [-0.25, -0.2) is 4.98 Å². The molecule has 1 N–H and O–H groups in total. The lowest BCUT2D eigenvalue weighted by atomic mass is 10.0. The molecule has 0 radical (unpaired) electrons. The first-order valence-electron chi connectivity index (χ1n) is 5.56. The monoisotopic (exact) mass is 245 g/mol. The molecule has 1 heterocycles. The summed E-state index contributed by atoms with van der Waals surface area (Å²) in [5.41, 5.74) is 2.71. The summed E-state index contributed by atoms with van der Waals surface area (Å²) in [6.07, 6.45) is 1.73. The second-order valence-corrected chi connectivity index (χ2v) is 3.82. The van der Waals surface area contributed by atoms with Crippen LogP contribution in [0, 0.1) is 0 Å². The fourth-order valence-electron chi connectivity index (χ4n) is 1.71. The SMILES string of the molecule is COc1cc(CO)cc(-c2ccc(OC)nc2)c1. The van der Waals surface area contributed by atoms with Crippen LogP contribution in [0.2, 0.25) is 0 Å². The van der Waals surface area contributed by atoms with E-state index in [1.54, 1.807) is 32.5 Å². The van der Waals surface area contributed by atoms with Gasteiger partial charge in [-0.15, -0.1) is 0 Å². The molecule has 4 heteroatoms. The van der Waals surface area contributed by atoms with Gasteiger partial charge in [0, 0.05) is 17.8 Å². The summed E-state index contributed by atoms with van der Waals surface area (Å²) in [5.74, 6) is 1.29. The van der Waals surface area contributed by atoms with Gasteiger partial charge in [0.05, 0.1) is 20.8 Å².